The van der Waals surface area contributed by atoms with Gasteiger partial charge in [-0.1, -0.05) is 13.8 Å². The Labute approximate surface area is 129 Å². The minimum atomic E-state index is -0.518. The number of esters is 1. The van der Waals surface area contributed by atoms with Gasteiger partial charge < -0.3 is 9.64 Å². The van der Waals surface area contributed by atoms with Crippen LogP contribution in [0.15, 0.2) is 0 Å². The molecule has 21 heavy (non-hydrogen) atoms. The Morgan fingerprint density at radius 1 is 1.43 bits per heavy atom. The van der Waals surface area contributed by atoms with Gasteiger partial charge >= 0.3 is 5.97 Å². The summed E-state index contributed by atoms with van der Waals surface area (Å²) in [6.45, 7) is 11.8. The average molecular weight is 296 g/mol. The van der Waals surface area contributed by atoms with Crippen LogP contribution in [0.2, 0.25) is 0 Å². The van der Waals surface area contributed by atoms with Gasteiger partial charge in [0, 0.05) is 19.1 Å². The summed E-state index contributed by atoms with van der Waals surface area (Å²) >= 11 is 0. The number of nitrogens with zero attached hydrogens (tertiary/aromatic N) is 1. The molecule has 1 unspecified atom stereocenters. The number of ether oxygens (including phenoxy) is 1. The van der Waals surface area contributed by atoms with Crippen LogP contribution in [0.25, 0.3) is 0 Å². The first-order valence-electron chi connectivity index (χ1n) is 8.37. The van der Waals surface area contributed by atoms with E-state index in [4.69, 9.17) is 4.74 Å². The lowest BCUT2D eigenvalue weighted by Crippen LogP contribution is -2.64. The molecular formula is C17H32N2O2. The Balaban J connectivity index is 2.16. The van der Waals surface area contributed by atoms with E-state index in [1.807, 2.05) is 0 Å². The van der Waals surface area contributed by atoms with E-state index < -0.39 is 5.54 Å². The summed E-state index contributed by atoms with van der Waals surface area (Å²) in [4.78, 5) is 15.0. The molecule has 1 atom stereocenters. The van der Waals surface area contributed by atoms with Crippen molar-refractivity contribution in [1.82, 2.24) is 10.2 Å². The fraction of sp³-hybridized carbons (Fsp3) is 0.941. The summed E-state index contributed by atoms with van der Waals surface area (Å²) in [6.07, 6.45) is 4.75. The van der Waals surface area contributed by atoms with Crippen LogP contribution in [0.5, 0.6) is 0 Å². The number of rotatable bonds is 6. The lowest BCUT2D eigenvalue weighted by atomic mass is 9.82. The number of nitrogens with one attached hydrogen (secondary N) is 1. The molecule has 0 spiro atoms. The predicted octanol–water partition coefficient (Wildman–Crippen LogP) is 2.43. The highest BCUT2D eigenvalue weighted by atomic mass is 16.5. The van der Waals surface area contributed by atoms with Crippen molar-refractivity contribution >= 4 is 5.97 Å². The maximum absolute atomic E-state index is 12.6. The van der Waals surface area contributed by atoms with E-state index in [0.717, 1.165) is 32.5 Å². The molecule has 2 fully saturated rings. The van der Waals surface area contributed by atoms with Gasteiger partial charge in [0.2, 0.25) is 0 Å². The highest BCUT2D eigenvalue weighted by molar-refractivity contribution is 5.82. The molecule has 1 saturated heterocycles. The average Bonchev–Trinajstić information content (AvgIpc) is 3.19. The largest absolute Gasteiger partial charge is 0.468 e. The fourth-order valence-electron chi connectivity index (χ4n) is 3.89. The van der Waals surface area contributed by atoms with Crippen molar-refractivity contribution in [2.24, 2.45) is 11.3 Å². The molecule has 2 rings (SSSR count). The van der Waals surface area contributed by atoms with Crippen LogP contribution in [0.1, 0.15) is 53.4 Å². The zero-order valence-corrected chi connectivity index (χ0v) is 14.4. The molecule has 0 aromatic heterocycles. The topological polar surface area (TPSA) is 41.6 Å². The molecule has 1 aliphatic carbocycles. The Morgan fingerprint density at radius 2 is 2.10 bits per heavy atom. The van der Waals surface area contributed by atoms with Crippen molar-refractivity contribution in [1.29, 1.82) is 0 Å². The highest BCUT2D eigenvalue weighted by Crippen LogP contribution is 2.42. The Hall–Kier alpha value is -0.610. The molecule has 1 saturated carbocycles. The smallest absolute Gasteiger partial charge is 0.327 e. The van der Waals surface area contributed by atoms with Crippen LogP contribution < -0.4 is 5.32 Å². The van der Waals surface area contributed by atoms with Gasteiger partial charge in [0.05, 0.1) is 7.11 Å². The molecule has 0 aromatic carbocycles. The first-order valence-corrected chi connectivity index (χ1v) is 8.37. The van der Waals surface area contributed by atoms with E-state index in [2.05, 4.69) is 37.9 Å². The van der Waals surface area contributed by atoms with E-state index in [9.17, 15) is 4.79 Å². The zero-order chi connectivity index (χ0) is 15.7. The molecule has 0 radical (unpaired) electrons. The summed E-state index contributed by atoms with van der Waals surface area (Å²) in [5, 5.41) is 3.56. The Morgan fingerprint density at radius 3 is 2.57 bits per heavy atom. The standard InChI is InChI=1S/C17H32N2O2/c1-13(2)18-17(14-7-8-14,15(20)21-5)12-19-10-6-9-16(3,4)11-19/h13-14,18H,6-12H2,1-5H3. The van der Waals surface area contributed by atoms with Gasteiger partial charge in [-0.25, -0.2) is 4.79 Å². The quantitative estimate of drug-likeness (QED) is 0.764. The van der Waals surface area contributed by atoms with Crippen molar-refractivity contribution in [3.63, 3.8) is 0 Å². The van der Waals surface area contributed by atoms with Crippen molar-refractivity contribution in [3.05, 3.63) is 0 Å². The fourth-order valence-corrected chi connectivity index (χ4v) is 3.89. The third kappa shape index (κ3) is 3.98. The number of likely N-dealkylation sites (tertiary alicyclic amines) is 1. The van der Waals surface area contributed by atoms with Crippen LogP contribution in [0.4, 0.5) is 0 Å². The maximum atomic E-state index is 12.6. The van der Waals surface area contributed by atoms with Crippen LogP contribution in [-0.2, 0) is 9.53 Å². The summed E-state index contributed by atoms with van der Waals surface area (Å²) in [6, 6.07) is 0.280. The van der Waals surface area contributed by atoms with E-state index in [-0.39, 0.29) is 12.0 Å². The van der Waals surface area contributed by atoms with Crippen LogP contribution in [-0.4, -0.2) is 49.2 Å². The maximum Gasteiger partial charge on any atom is 0.327 e. The lowest BCUT2D eigenvalue weighted by molar-refractivity contribution is -0.151. The molecule has 0 bridgehead atoms. The van der Waals surface area contributed by atoms with Gasteiger partial charge in [0.1, 0.15) is 5.54 Å². The lowest BCUT2D eigenvalue weighted by Gasteiger charge is -2.44. The summed E-state index contributed by atoms with van der Waals surface area (Å²) in [5.74, 6) is 0.347. The number of piperidine rings is 1. The first kappa shape index (κ1) is 16.8. The molecule has 0 amide bonds. The molecule has 2 aliphatic rings. The minimum absolute atomic E-state index is 0.0814. The van der Waals surface area contributed by atoms with Gasteiger partial charge in [-0.05, 0) is 57.4 Å². The van der Waals surface area contributed by atoms with E-state index in [0.29, 0.717) is 11.3 Å². The van der Waals surface area contributed by atoms with Crippen molar-refractivity contribution in [3.8, 4) is 0 Å². The molecule has 122 valence electrons. The van der Waals surface area contributed by atoms with Crippen molar-refractivity contribution in [2.75, 3.05) is 26.7 Å². The molecule has 1 aliphatic heterocycles. The second-order valence-electron chi connectivity index (χ2n) is 8.01. The zero-order valence-electron chi connectivity index (χ0n) is 14.4. The first-order chi connectivity index (χ1) is 9.79. The second-order valence-corrected chi connectivity index (χ2v) is 8.01. The Bertz CT molecular complexity index is 377. The molecule has 4 nitrogen and oxygen atoms in total. The van der Waals surface area contributed by atoms with Gasteiger partial charge in [0.15, 0.2) is 0 Å². The third-order valence-electron chi connectivity index (χ3n) is 4.82. The summed E-state index contributed by atoms with van der Waals surface area (Å²) < 4.78 is 5.18. The molecule has 0 aromatic rings. The predicted molar refractivity (Wildman–Crippen MR) is 85.2 cm³/mol. The SMILES string of the molecule is COC(=O)C(CN1CCCC(C)(C)C1)(NC(C)C)C1CC1. The van der Waals surface area contributed by atoms with E-state index >= 15 is 0 Å². The Kier molecular flexibility index (Phi) is 4.99. The van der Waals surface area contributed by atoms with E-state index in [1.165, 1.54) is 20.0 Å². The molecule has 4 heteroatoms. The second kappa shape index (κ2) is 6.25. The summed E-state index contributed by atoms with van der Waals surface area (Å²) in [5.41, 5.74) is -0.169. The number of hydrogen-bond donors (Lipinski definition) is 1. The van der Waals surface area contributed by atoms with Crippen LogP contribution >= 0.6 is 0 Å². The van der Waals surface area contributed by atoms with Crippen molar-refractivity contribution < 1.29 is 9.53 Å². The monoisotopic (exact) mass is 296 g/mol. The van der Waals surface area contributed by atoms with E-state index in [1.54, 1.807) is 0 Å². The van der Waals surface area contributed by atoms with Crippen molar-refractivity contribution in [2.45, 2.75) is 65.0 Å². The molecule has 1 heterocycles. The van der Waals surface area contributed by atoms with Gasteiger partial charge in [-0.2, -0.15) is 0 Å². The number of carbonyl (C=O) groups is 1. The third-order valence-corrected chi connectivity index (χ3v) is 4.82. The number of hydrogen-bond acceptors (Lipinski definition) is 4. The number of methoxy groups -OCH3 is 1. The molecule has 1 N–H and O–H groups in total. The van der Waals surface area contributed by atoms with Gasteiger partial charge in [-0.3, -0.25) is 5.32 Å². The highest BCUT2D eigenvalue weighted by Gasteiger charge is 2.53. The normalized spacial score (nSPS) is 25.6. The van der Waals surface area contributed by atoms with Gasteiger partial charge in [0.25, 0.3) is 0 Å². The van der Waals surface area contributed by atoms with Crippen LogP contribution in [0, 0.1) is 11.3 Å². The van der Waals surface area contributed by atoms with Gasteiger partial charge in [-0.15, -0.1) is 0 Å². The number of carbonyl (C=O) groups excluding carboxylic acids is 1. The molecular weight excluding hydrogens is 264 g/mol. The minimum Gasteiger partial charge on any atom is -0.468 e. The summed E-state index contributed by atoms with van der Waals surface area (Å²) in [7, 11) is 1.52. The van der Waals surface area contributed by atoms with Crippen LogP contribution in [0.3, 0.4) is 0 Å².